The zero-order valence-corrected chi connectivity index (χ0v) is 18.2. The molecule has 0 aliphatic carbocycles. The number of amides is 1. The zero-order chi connectivity index (χ0) is 21.7. The molecule has 1 amide bonds. The van der Waals surface area contributed by atoms with Gasteiger partial charge in [0, 0.05) is 25.6 Å². The van der Waals surface area contributed by atoms with Crippen LogP contribution in [0, 0.1) is 13.8 Å². The van der Waals surface area contributed by atoms with Crippen molar-refractivity contribution in [1.82, 2.24) is 4.98 Å². The lowest BCUT2D eigenvalue weighted by Gasteiger charge is -2.10. The summed E-state index contributed by atoms with van der Waals surface area (Å²) >= 11 is 0. The molecule has 8 nitrogen and oxygen atoms in total. The number of nitrogens with one attached hydrogen (secondary N) is 2. The fourth-order valence-corrected chi connectivity index (χ4v) is 3.51. The number of aryl methyl sites for hydroxylation is 2. The quantitative estimate of drug-likeness (QED) is 0.470. The van der Waals surface area contributed by atoms with Gasteiger partial charge in [-0.2, -0.15) is 0 Å². The summed E-state index contributed by atoms with van der Waals surface area (Å²) in [4.78, 5) is 17.1. The molecule has 2 aromatic carbocycles. The van der Waals surface area contributed by atoms with Gasteiger partial charge in [0.05, 0.1) is 0 Å². The van der Waals surface area contributed by atoms with Crippen molar-refractivity contribution in [3.05, 3.63) is 71.2 Å². The highest BCUT2D eigenvalue weighted by atomic mass is 31.2. The summed E-state index contributed by atoms with van der Waals surface area (Å²) in [6.45, 7) is 3.94. The predicted molar refractivity (Wildman–Crippen MR) is 115 cm³/mol. The van der Waals surface area contributed by atoms with Gasteiger partial charge in [-0.1, -0.05) is 35.4 Å². The van der Waals surface area contributed by atoms with Crippen LogP contribution in [0.15, 0.2) is 52.9 Å². The maximum absolute atomic E-state index is 12.9. The van der Waals surface area contributed by atoms with E-state index in [2.05, 4.69) is 15.6 Å². The van der Waals surface area contributed by atoms with Crippen LogP contribution in [-0.4, -0.2) is 25.1 Å². The number of anilines is 3. The van der Waals surface area contributed by atoms with Crippen LogP contribution < -0.4 is 10.6 Å². The van der Waals surface area contributed by atoms with Crippen LogP contribution in [0.3, 0.4) is 0 Å². The molecule has 0 aliphatic heterocycles. The first-order valence-electron chi connectivity index (χ1n) is 9.24. The molecule has 158 valence electrons. The van der Waals surface area contributed by atoms with Crippen LogP contribution in [0.2, 0.25) is 0 Å². The Morgan fingerprint density at radius 1 is 0.967 bits per heavy atom. The Labute approximate surface area is 175 Å². The Balaban J connectivity index is 1.91. The second kappa shape index (κ2) is 9.26. The molecule has 0 fully saturated rings. The van der Waals surface area contributed by atoms with Gasteiger partial charge in [0.1, 0.15) is 6.16 Å². The number of carbonyl (C=O) groups excluding carboxylic acids is 1. The minimum absolute atomic E-state index is 0.0323. The summed E-state index contributed by atoms with van der Waals surface area (Å²) < 4.78 is 28.1. The molecule has 3 rings (SSSR count). The SMILES string of the molecule is COP(=O)(Cc1nc(C(=O)Nc2ccc(C)cc2)c(Nc2ccc(C)cc2)o1)OC. The highest BCUT2D eigenvalue weighted by Crippen LogP contribution is 2.49. The van der Waals surface area contributed by atoms with Crippen molar-refractivity contribution >= 4 is 30.8 Å². The number of oxazole rings is 1. The Bertz CT molecular complexity index is 1050. The fourth-order valence-electron chi connectivity index (χ4n) is 2.64. The van der Waals surface area contributed by atoms with Crippen molar-refractivity contribution in [1.29, 1.82) is 0 Å². The number of hydrogen-bond acceptors (Lipinski definition) is 7. The van der Waals surface area contributed by atoms with Crippen molar-refractivity contribution in [3.63, 3.8) is 0 Å². The second-order valence-corrected chi connectivity index (χ2v) is 9.00. The number of hydrogen-bond donors (Lipinski definition) is 2. The number of aromatic nitrogens is 1. The van der Waals surface area contributed by atoms with E-state index in [1.54, 1.807) is 12.1 Å². The van der Waals surface area contributed by atoms with E-state index in [1.807, 2.05) is 50.2 Å². The standard InChI is InChI=1S/C21H24N3O5P/c1-14-5-9-16(10-6-14)22-20(25)19-21(23-17-11-7-15(2)8-12-17)29-18(24-19)13-30(26,27-3)28-4/h5-12,23H,13H2,1-4H3,(H,22,25). The topological polar surface area (TPSA) is 103 Å². The van der Waals surface area contributed by atoms with E-state index in [0.717, 1.165) is 11.1 Å². The highest BCUT2D eigenvalue weighted by Gasteiger charge is 2.28. The summed E-state index contributed by atoms with van der Waals surface area (Å²) in [5.41, 5.74) is 3.54. The third-order valence-corrected chi connectivity index (χ3v) is 6.16. The molecule has 0 atom stereocenters. The molecule has 0 saturated carbocycles. The Morgan fingerprint density at radius 3 is 2.03 bits per heavy atom. The first kappa shape index (κ1) is 21.8. The Morgan fingerprint density at radius 2 is 1.50 bits per heavy atom. The summed E-state index contributed by atoms with van der Waals surface area (Å²) in [6, 6.07) is 14.9. The Hall–Kier alpha value is -2.93. The fraction of sp³-hybridized carbons (Fsp3) is 0.238. The van der Waals surface area contributed by atoms with Crippen LogP contribution in [0.4, 0.5) is 17.3 Å². The van der Waals surface area contributed by atoms with Crippen LogP contribution in [0.1, 0.15) is 27.5 Å². The molecule has 0 aliphatic rings. The van der Waals surface area contributed by atoms with Gasteiger partial charge in [0.2, 0.25) is 11.8 Å². The summed E-state index contributed by atoms with van der Waals surface area (Å²) in [5.74, 6) is -0.268. The van der Waals surface area contributed by atoms with Gasteiger partial charge in [-0.3, -0.25) is 9.36 Å². The van der Waals surface area contributed by atoms with E-state index in [-0.39, 0.29) is 23.6 Å². The lowest BCUT2D eigenvalue weighted by molar-refractivity contribution is 0.102. The average Bonchev–Trinajstić information content (AvgIpc) is 3.13. The van der Waals surface area contributed by atoms with Gasteiger partial charge in [-0.15, -0.1) is 0 Å². The van der Waals surface area contributed by atoms with Crippen LogP contribution >= 0.6 is 7.60 Å². The second-order valence-electron chi connectivity index (χ2n) is 6.73. The minimum Gasteiger partial charge on any atom is -0.423 e. The molecule has 2 N–H and O–H groups in total. The number of nitrogens with zero attached hydrogens (tertiary/aromatic N) is 1. The average molecular weight is 429 g/mol. The highest BCUT2D eigenvalue weighted by molar-refractivity contribution is 7.52. The number of carbonyl (C=O) groups is 1. The largest absolute Gasteiger partial charge is 0.423 e. The number of rotatable bonds is 8. The zero-order valence-electron chi connectivity index (χ0n) is 17.3. The molecule has 0 unspecified atom stereocenters. The molecule has 30 heavy (non-hydrogen) atoms. The molecule has 0 bridgehead atoms. The van der Waals surface area contributed by atoms with Gasteiger partial charge >= 0.3 is 7.60 Å². The van der Waals surface area contributed by atoms with Crippen molar-refractivity contribution < 1.29 is 22.8 Å². The van der Waals surface area contributed by atoms with E-state index in [4.69, 9.17) is 13.5 Å². The van der Waals surface area contributed by atoms with Crippen molar-refractivity contribution in [2.45, 2.75) is 20.0 Å². The first-order valence-corrected chi connectivity index (χ1v) is 11.0. The van der Waals surface area contributed by atoms with Gasteiger partial charge in [0.15, 0.2) is 5.69 Å². The first-order chi connectivity index (χ1) is 14.3. The van der Waals surface area contributed by atoms with Crippen LogP contribution in [-0.2, 0) is 19.8 Å². The third kappa shape index (κ3) is 5.36. The smallest absolute Gasteiger partial charge is 0.339 e. The van der Waals surface area contributed by atoms with Gasteiger partial charge in [-0.25, -0.2) is 4.98 Å². The van der Waals surface area contributed by atoms with E-state index in [1.165, 1.54) is 14.2 Å². The maximum Gasteiger partial charge on any atom is 0.339 e. The lowest BCUT2D eigenvalue weighted by atomic mass is 10.2. The molecule has 0 saturated heterocycles. The monoisotopic (exact) mass is 429 g/mol. The molecule has 0 spiro atoms. The molecule has 3 aromatic rings. The van der Waals surface area contributed by atoms with Gasteiger partial charge in [0.25, 0.3) is 5.91 Å². The van der Waals surface area contributed by atoms with Gasteiger partial charge < -0.3 is 24.1 Å². The molecule has 0 radical (unpaired) electrons. The van der Waals surface area contributed by atoms with Gasteiger partial charge in [-0.05, 0) is 38.1 Å². The summed E-state index contributed by atoms with van der Waals surface area (Å²) in [6.07, 6.45) is -0.208. The predicted octanol–water partition coefficient (Wildman–Crippen LogP) is 5.27. The summed E-state index contributed by atoms with van der Waals surface area (Å²) in [5, 5.41) is 5.85. The minimum atomic E-state index is -3.42. The van der Waals surface area contributed by atoms with Crippen molar-refractivity contribution in [2.75, 3.05) is 24.9 Å². The van der Waals surface area contributed by atoms with E-state index < -0.39 is 13.5 Å². The van der Waals surface area contributed by atoms with E-state index in [0.29, 0.717) is 11.4 Å². The van der Waals surface area contributed by atoms with E-state index >= 15 is 0 Å². The van der Waals surface area contributed by atoms with Crippen molar-refractivity contribution in [3.8, 4) is 0 Å². The van der Waals surface area contributed by atoms with E-state index in [9.17, 15) is 9.36 Å². The lowest BCUT2D eigenvalue weighted by Crippen LogP contribution is -2.14. The molecule has 1 aromatic heterocycles. The normalized spacial score (nSPS) is 11.3. The number of benzene rings is 2. The van der Waals surface area contributed by atoms with Crippen LogP contribution in [0.5, 0.6) is 0 Å². The van der Waals surface area contributed by atoms with Crippen molar-refractivity contribution in [2.24, 2.45) is 0 Å². The summed E-state index contributed by atoms with van der Waals surface area (Å²) in [7, 11) is -0.854. The third-order valence-electron chi connectivity index (χ3n) is 4.39. The van der Waals surface area contributed by atoms with Crippen LogP contribution in [0.25, 0.3) is 0 Å². The molecule has 9 heteroatoms. The molecular formula is C21H24N3O5P. The maximum atomic E-state index is 12.9. The molecule has 1 heterocycles. The Kier molecular flexibility index (Phi) is 6.72. The molecular weight excluding hydrogens is 405 g/mol.